The van der Waals surface area contributed by atoms with Gasteiger partial charge in [0.1, 0.15) is 0 Å². The molecular formula is C6H12N2O3S. The molecule has 2 N–H and O–H groups in total. The van der Waals surface area contributed by atoms with Crippen LogP contribution in [0.4, 0.5) is 0 Å². The predicted octanol–water partition coefficient (Wildman–Crippen LogP) is -1.19. The minimum Gasteiger partial charge on any atom is -0.354 e. The molecule has 1 rings (SSSR count). The minimum atomic E-state index is -3.17. The first-order valence-electron chi connectivity index (χ1n) is 3.80. The zero-order chi connectivity index (χ0) is 9.19. The van der Waals surface area contributed by atoms with Crippen molar-refractivity contribution in [2.75, 3.05) is 12.3 Å². The molecular weight excluding hydrogens is 180 g/mol. The van der Waals surface area contributed by atoms with E-state index in [0.717, 1.165) is 0 Å². The van der Waals surface area contributed by atoms with E-state index in [1.165, 1.54) is 0 Å². The largest absolute Gasteiger partial charge is 0.354 e. The first-order chi connectivity index (χ1) is 5.53. The number of amides is 1. The molecule has 1 heterocycles. The fourth-order valence-corrected chi connectivity index (χ4v) is 1.87. The highest BCUT2D eigenvalue weighted by Crippen LogP contribution is 2.00. The van der Waals surface area contributed by atoms with E-state index >= 15 is 0 Å². The Bertz CT molecular complexity index is 273. The number of hydrogen-bond donors (Lipinski definition) is 2. The molecule has 1 amide bonds. The number of sulfonamides is 1. The molecule has 0 aromatic heterocycles. The average Bonchev–Trinajstić information content (AvgIpc) is 2.35. The van der Waals surface area contributed by atoms with Crippen molar-refractivity contribution in [2.24, 2.45) is 0 Å². The van der Waals surface area contributed by atoms with Crippen molar-refractivity contribution in [3.63, 3.8) is 0 Å². The third-order valence-corrected chi connectivity index (χ3v) is 3.16. The van der Waals surface area contributed by atoms with E-state index in [1.54, 1.807) is 6.92 Å². The summed E-state index contributed by atoms with van der Waals surface area (Å²) in [6.45, 7) is 1.96. The van der Waals surface area contributed by atoms with Crippen LogP contribution in [0.1, 0.15) is 13.3 Å². The highest BCUT2D eigenvalue weighted by Gasteiger charge is 2.24. The van der Waals surface area contributed by atoms with Crippen LogP contribution in [0.3, 0.4) is 0 Å². The first kappa shape index (κ1) is 9.47. The van der Waals surface area contributed by atoms with Crippen LogP contribution in [0.2, 0.25) is 0 Å². The molecule has 0 saturated carbocycles. The second-order valence-electron chi connectivity index (χ2n) is 2.73. The van der Waals surface area contributed by atoms with Crippen LogP contribution in [0, 0.1) is 0 Å². The van der Waals surface area contributed by atoms with Crippen molar-refractivity contribution in [1.82, 2.24) is 10.0 Å². The van der Waals surface area contributed by atoms with E-state index in [2.05, 4.69) is 10.0 Å². The quantitative estimate of drug-likeness (QED) is 0.590. The van der Waals surface area contributed by atoms with E-state index in [1.807, 2.05) is 0 Å². The molecule has 1 fully saturated rings. The molecule has 0 aromatic carbocycles. The summed E-state index contributed by atoms with van der Waals surface area (Å²) in [7, 11) is -3.17. The van der Waals surface area contributed by atoms with Gasteiger partial charge in [0.2, 0.25) is 15.9 Å². The summed E-state index contributed by atoms with van der Waals surface area (Å²) in [4.78, 5) is 10.7. The Hall–Kier alpha value is -0.620. The van der Waals surface area contributed by atoms with Crippen LogP contribution < -0.4 is 10.0 Å². The lowest BCUT2D eigenvalue weighted by Gasteiger charge is -2.08. The first-order valence-corrected chi connectivity index (χ1v) is 5.45. The number of carbonyl (C=O) groups excluding carboxylic acids is 1. The SMILES string of the molecule is CCS(=O)(=O)NC1CNC(=O)C1. The second-order valence-corrected chi connectivity index (χ2v) is 4.77. The number of carbonyl (C=O) groups is 1. The summed E-state index contributed by atoms with van der Waals surface area (Å²) in [5.74, 6) is -0.0451. The van der Waals surface area contributed by atoms with Gasteiger partial charge in [-0.05, 0) is 6.92 Å². The number of hydrogen-bond acceptors (Lipinski definition) is 3. The maximum absolute atomic E-state index is 11.0. The Morgan fingerprint density at radius 1 is 1.67 bits per heavy atom. The summed E-state index contributed by atoms with van der Waals surface area (Å²) >= 11 is 0. The number of nitrogens with one attached hydrogen (secondary N) is 2. The lowest BCUT2D eigenvalue weighted by Crippen LogP contribution is -2.37. The Kier molecular flexibility index (Phi) is 2.69. The Labute approximate surface area is 71.6 Å². The molecule has 5 nitrogen and oxygen atoms in total. The minimum absolute atomic E-state index is 0.0533. The van der Waals surface area contributed by atoms with Crippen LogP contribution >= 0.6 is 0 Å². The third-order valence-electron chi connectivity index (χ3n) is 1.70. The summed E-state index contributed by atoms with van der Waals surface area (Å²) in [6.07, 6.45) is 0.249. The Morgan fingerprint density at radius 2 is 2.33 bits per heavy atom. The molecule has 0 bridgehead atoms. The van der Waals surface area contributed by atoms with Gasteiger partial charge in [-0.3, -0.25) is 4.79 Å². The van der Waals surface area contributed by atoms with Crippen molar-refractivity contribution in [2.45, 2.75) is 19.4 Å². The van der Waals surface area contributed by atoms with Gasteiger partial charge in [0, 0.05) is 19.0 Å². The monoisotopic (exact) mass is 192 g/mol. The molecule has 0 aromatic rings. The second kappa shape index (κ2) is 3.40. The lowest BCUT2D eigenvalue weighted by atomic mass is 10.3. The molecule has 0 aliphatic carbocycles. The van der Waals surface area contributed by atoms with Crippen LogP contribution in [0.5, 0.6) is 0 Å². The van der Waals surface area contributed by atoms with Gasteiger partial charge in [0.25, 0.3) is 0 Å². The molecule has 0 radical (unpaired) electrons. The van der Waals surface area contributed by atoms with Crippen LogP contribution in [-0.2, 0) is 14.8 Å². The van der Waals surface area contributed by atoms with E-state index in [4.69, 9.17) is 0 Å². The molecule has 1 unspecified atom stereocenters. The van der Waals surface area contributed by atoms with E-state index < -0.39 is 10.0 Å². The molecule has 6 heteroatoms. The Morgan fingerprint density at radius 3 is 2.75 bits per heavy atom. The van der Waals surface area contributed by atoms with Gasteiger partial charge in [-0.25, -0.2) is 13.1 Å². The van der Waals surface area contributed by atoms with E-state index in [9.17, 15) is 13.2 Å². The summed E-state index contributed by atoms with van der Waals surface area (Å²) in [5.41, 5.74) is 0. The van der Waals surface area contributed by atoms with Gasteiger partial charge in [0.05, 0.1) is 5.75 Å². The fourth-order valence-electron chi connectivity index (χ4n) is 1.03. The molecule has 1 saturated heterocycles. The van der Waals surface area contributed by atoms with Crippen molar-refractivity contribution in [1.29, 1.82) is 0 Å². The van der Waals surface area contributed by atoms with Crippen LogP contribution in [0.25, 0.3) is 0 Å². The molecule has 1 aliphatic heterocycles. The fraction of sp³-hybridized carbons (Fsp3) is 0.833. The van der Waals surface area contributed by atoms with Gasteiger partial charge in [0.15, 0.2) is 0 Å². The van der Waals surface area contributed by atoms with Gasteiger partial charge >= 0.3 is 0 Å². The van der Waals surface area contributed by atoms with Crippen LogP contribution in [-0.4, -0.2) is 32.7 Å². The van der Waals surface area contributed by atoms with Gasteiger partial charge < -0.3 is 5.32 Å². The third kappa shape index (κ3) is 2.46. The summed E-state index contributed by atoms with van der Waals surface area (Å²) < 4.78 is 24.4. The summed E-state index contributed by atoms with van der Waals surface area (Å²) in [5, 5.41) is 2.55. The van der Waals surface area contributed by atoms with E-state index in [-0.39, 0.29) is 24.1 Å². The topological polar surface area (TPSA) is 75.3 Å². The smallest absolute Gasteiger partial charge is 0.221 e. The van der Waals surface area contributed by atoms with Crippen molar-refractivity contribution in [3.8, 4) is 0 Å². The molecule has 1 aliphatic rings. The zero-order valence-corrected chi connectivity index (χ0v) is 7.65. The molecule has 12 heavy (non-hydrogen) atoms. The normalized spacial score (nSPS) is 24.1. The van der Waals surface area contributed by atoms with Crippen molar-refractivity contribution < 1.29 is 13.2 Å². The Balaban J connectivity index is 2.48. The standard InChI is InChI=1S/C6H12N2O3S/c1-2-12(10,11)8-5-3-6(9)7-4-5/h5,8H,2-4H2,1H3,(H,7,9). The highest BCUT2D eigenvalue weighted by molar-refractivity contribution is 7.89. The predicted molar refractivity (Wildman–Crippen MR) is 44.0 cm³/mol. The summed E-state index contributed by atoms with van der Waals surface area (Å²) in [6, 6.07) is -0.262. The lowest BCUT2D eigenvalue weighted by molar-refractivity contribution is -0.119. The van der Waals surface area contributed by atoms with Gasteiger partial charge in [-0.2, -0.15) is 0 Å². The maximum atomic E-state index is 11.0. The van der Waals surface area contributed by atoms with E-state index in [0.29, 0.717) is 6.54 Å². The average molecular weight is 192 g/mol. The van der Waals surface area contributed by atoms with Crippen LogP contribution in [0.15, 0.2) is 0 Å². The molecule has 0 spiro atoms. The highest BCUT2D eigenvalue weighted by atomic mass is 32.2. The van der Waals surface area contributed by atoms with Gasteiger partial charge in [-0.15, -0.1) is 0 Å². The van der Waals surface area contributed by atoms with Crippen molar-refractivity contribution >= 4 is 15.9 Å². The molecule has 70 valence electrons. The van der Waals surface area contributed by atoms with Gasteiger partial charge in [-0.1, -0.05) is 0 Å². The maximum Gasteiger partial charge on any atom is 0.221 e. The molecule has 1 atom stereocenters. The zero-order valence-electron chi connectivity index (χ0n) is 6.83. The number of rotatable bonds is 3. The van der Waals surface area contributed by atoms with Crippen molar-refractivity contribution in [3.05, 3.63) is 0 Å².